The molecule has 35 heavy (non-hydrogen) atoms. The lowest BCUT2D eigenvalue weighted by Gasteiger charge is -2.22. The van der Waals surface area contributed by atoms with Crippen LogP contribution in [0.25, 0.3) is 0 Å². The van der Waals surface area contributed by atoms with Crippen molar-refractivity contribution in [1.82, 2.24) is 25.5 Å². The normalized spacial score (nSPS) is 12.5. The highest BCUT2D eigenvalue weighted by Crippen LogP contribution is 2.12. The van der Waals surface area contributed by atoms with Crippen molar-refractivity contribution in [2.45, 2.75) is 31.6 Å². The molecule has 0 bridgehead atoms. The van der Waals surface area contributed by atoms with Gasteiger partial charge >= 0.3 is 0 Å². The van der Waals surface area contributed by atoms with E-state index in [-0.39, 0.29) is 18.9 Å². The Morgan fingerprint density at radius 3 is 2.03 bits per heavy atom. The maximum Gasteiger partial charge on any atom is 0.240 e. The molecule has 0 spiro atoms. The Morgan fingerprint density at radius 2 is 1.49 bits per heavy atom. The van der Waals surface area contributed by atoms with Gasteiger partial charge in [-0.15, -0.1) is 0 Å². The first-order valence-corrected chi connectivity index (χ1v) is 11.4. The molecule has 0 radical (unpaired) electrons. The molecule has 3 aromatic rings. The van der Waals surface area contributed by atoms with Gasteiger partial charge in [0.2, 0.25) is 11.8 Å². The van der Waals surface area contributed by atoms with Gasteiger partial charge in [-0.25, -0.2) is 0 Å². The third-order valence-corrected chi connectivity index (χ3v) is 5.37. The number of hydrogen-bond acceptors (Lipinski definition) is 7. The number of carbonyl (C=O) groups excluding carboxylic acids is 3. The molecule has 4 N–H and O–H groups in total. The van der Waals surface area contributed by atoms with Gasteiger partial charge < -0.3 is 21.2 Å². The minimum Gasteiger partial charge on any atom is -0.347 e. The molecule has 0 aliphatic rings. The average molecular weight is 475 g/mol. The van der Waals surface area contributed by atoms with Gasteiger partial charge in [-0.2, -0.15) is 0 Å². The van der Waals surface area contributed by atoms with E-state index in [4.69, 9.17) is 5.73 Å². The molecule has 182 valence electrons. The van der Waals surface area contributed by atoms with Crippen LogP contribution in [-0.2, 0) is 27.5 Å². The highest BCUT2D eigenvalue weighted by atomic mass is 16.2. The summed E-state index contributed by atoms with van der Waals surface area (Å²) >= 11 is 0. The number of pyridine rings is 2. The zero-order valence-corrected chi connectivity index (χ0v) is 19.4. The van der Waals surface area contributed by atoms with Crippen LogP contribution in [0.15, 0.2) is 79.1 Å². The van der Waals surface area contributed by atoms with Crippen LogP contribution < -0.4 is 16.4 Å². The summed E-state index contributed by atoms with van der Waals surface area (Å²) in [6, 6.07) is 18.9. The summed E-state index contributed by atoms with van der Waals surface area (Å²) in [4.78, 5) is 47.0. The first kappa shape index (κ1) is 25.7. The van der Waals surface area contributed by atoms with E-state index >= 15 is 0 Å². The van der Waals surface area contributed by atoms with Gasteiger partial charge in [0.15, 0.2) is 0 Å². The minimum absolute atomic E-state index is 0.188. The van der Waals surface area contributed by atoms with Crippen molar-refractivity contribution in [2.24, 2.45) is 5.73 Å². The fourth-order valence-electron chi connectivity index (χ4n) is 3.51. The maximum absolute atomic E-state index is 12.4. The number of hydrogen-bond donors (Lipinski definition) is 3. The van der Waals surface area contributed by atoms with E-state index in [1.165, 1.54) is 0 Å². The lowest BCUT2D eigenvalue weighted by Crippen LogP contribution is -2.47. The number of amides is 2. The summed E-state index contributed by atoms with van der Waals surface area (Å²) in [5.41, 5.74) is 8.62. The second-order valence-corrected chi connectivity index (χ2v) is 8.05. The Labute approximate surface area is 204 Å². The molecule has 0 saturated heterocycles. The number of nitrogens with zero attached hydrogens (tertiary/aromatic N) is 3. The first-order chi connectivity index (χ1) is 17.0. The number of nitrogens with one attached hydrogen (secondary N) is 2. The molecular formula is C26H30N6O3. The van der Waals surface area contributed by atoms with Gasteiger partial charge in [0.05, 0.1) is 24.0 Å². The smallest absolute Gasteiger partial charge is 0.240 e. The summed E-state index contributed by atoms with van der Waals surface area (Å²) in [7, 11) is 0. The molecule has 0 aliphatic heterocycles. The monoisotopic (exact) mass is 474 g/mol. The van der Waals surface area contributed by atoms with Crippen LogP contribution in [0.5, 0.6) is 0 Å². The van der Waals surface area contributed by atoms with Crippen LogP contribution in [0.2, 0.25) is 0 Å². The summed E-state index contributed by atoms with van der Waals surface area (Å²) in [6.07, 6.45) is 4.25. The van der Waals surface area contributed by atoms with Crippen LogP contribution in [0.4, 0.5) is 0 Å². The third kappa shape index (κ3) is 8.73. The largest absolute Gasteiger partial charge is 0.347 e. The summed E-state index contributed by atoms with van der Waals surface area (Å²) in [5, 5.41) is 5.18. The van der Waals surface area contributed by atoms with Crippen LogP contribution in [0.3, 0.4) is 0 Å². The highest BCUT2D eigenvalue weighted by Gasteiger charge is 2.21. The Hall–Kier alpha value is -3.95. The molecule has 0 aliphatic carbocycles. The molecule has 2 aromatic heterocycles. The Balaban J connectivity index is 1.48. The van der Waals surface area contributed by atoms with Gasteiger partial charge in [-0.1, -0.05) is 42.5 Å². The fraction of sp³-hybridized carbons (Fsp3) is 0.269. The third-order valence-electron chi connectivity index (χ3n) is 5.37. The van der Waals surface area contributed by atoms with Crippen LogP contribution >= 0.6 is 0 Å². The van der Waals surface area contributed by atoms with Crippen molar-refractivity contribution in [3.8, 4) is 0 Å². The topological polar surface area (TPSA) is 130 Å². The summed E-state index contributed by atoms with van der Waals surface area (Å²) in [6.45, 7) is 1.33. The van der Waals surface area contributed by atoms with Crippen molar-refractivity contribution >= 4 is 18.1 Å². The molecule has 0 fully saturated rings. The van der Waals surface area contributed by atoms with E-state index in [0.717, 1.165) is 17.0 Å². The van der Waals surface area contributed by atoms with Gasteiger partial charge in [0.25, 0.3) is 0 Å². The predicted molar refractivity (Wildman–Crippen MR) is 132 cm³/mol. The van der Waals surface area contributed by atoms with E-state index in [2.05, 4.69) is 25.5 Å². The predicted octanol–water partition coefficient (Wildman–Crippen LogP) is 1.37. The zero-order chi connectivity index (χ0) is 24.9. The Morgan fingerprint density at radius 1 is 0.886 bits per heavy atom. The number of aromatic nitrogens is 2. The number of carbonyl (C=O) groups is 3. The van der Waals surface area contributed by atoms with Gasteiger partial charge in [0, 0.05) is 38.4 Å². The van der Waals surface area contributed by atoms with E-state index in [9.17, 15) is 14.4 Å². The minimum atomic E-state index is -0.894. The van der Waals surface area contributed by atoms with Crippen molar-refractivity contribution in [3.05, 3.63) is 96.1 Å². The first-order valence-electron chi connectivity index (χ1n) is 11.4. The van der Waals surface area contributed by atoms with Gasteiger partial charge in [0.1, 0.15) is 12.3 Å². The van der Waals surface area contributed by atoms with E-state index < -0.39 is 18.0 Å². The maximum atomic E-state index is 12.4. The van der Waals surface area contributed by atoms with E-state index in [1.807, 2.05) is 54.6 Å². The molecule has 3 rings (SSSR count). The summed E-state index contributed by atoms with van der Waals surface area (Å²) in [5.74, 6) is -0.761. The second kappa shape index (κ2) is 13.7. The number of benzene rings is 1. The number of rotatable bonds is 13. The zero-order valence-electron chi connectivity index (χ0n) is 19.4. The molecule has 9 heteroatoms. The number of nitrogens with two attached hydrogens (primary N) is 1. The molecule has 9 nitrogen and oxygen atoms in total. The molecular weight excluding hydrogens is 444 g/mol. The van der Waals surface area contributed by atoms with Gasteiger partial charge in [-0.05, 0) is 29.8 Å². The van der Waals surface area contributed by atoms with Crippen LogP contribution in [-0.4, -0.2) is 52.1 Å². The molecule has 2 atom stereocenters. The summed E-state index contributed by atoms with van der Waals surface area (Å²) < 4.78 is 0. The SMILES string of the molecule is N[C@H](c1ccccc1)[C@@H](C=O)NC(=O)CNC(=O)CCN(Cc1ccccn1)Cc1ccccn1. The lowest BCUT2D eigenvalue weighted by molar-refractivity contribution is -0.127. The van der Waals surface area contributed by atoms with Crippen LogP contribution in [0.1, 0.15) is 29.4 Å². The Bertz CT molecular complexity index is 1020. The molecule has 2 heterocycles. The lowest BCUT2D eigenvalue weighted by atomic mass is 10.0. The quantitative estimate of drug-likeness (QED) is 0.319. The van der Waals surface area contributed by atoms with E-state index in [0.29, 0.717) is 25.9 Å². The molecule has 0 unspecified atom stereocenters. The van der Waals surface area contributed by atoms with Crippen molar-refractivity contribution in [1.29, 1.82) is 0 Å². The van der Waals surface area contributed by atoms with Crippen LogP contribution in [0, 0.1) is 0 Å². The average Bonchev–Trinajstić information content (AvgIpc) is 2.90. The van der Waals surface area contributed by atoms with Gasteiger partial charge in [-0.3, -0.25) is 24.5 Å². The highest BCUT2D eigenvalue weighted by molar-refractivity contribution is 5.86. The van der Waals surface area contributed by atoms with Crippen molar-refractivity contribution in [2.75, 3.05) is 13.1 Å². The molecule has 1 aromatic carbocycles. The second-order valence-electron chi connectivity index (χ2n) is 8.05. The van der Waals surface area contributed by atoms with Crippen molar-refractivity contribution in [3.63, 3.8) is 0 Å². The van der Waals surface area contributed by atoms with E-state index in [1.54, 1.807) is 24.5 Å². The molecule has 2 amide bonds. The number of aldehydes is 1. The standard InChI is InChI=1S/C26H30N6O3/c27-26(20-8-2-1-3-9-20)23(19-33)31-25(35)16-30-24(34)12-15-32(17-21-10-4-6-13-28-21)18-22-11-5-7-14-29-22/h1-11,13-14,19,23,26H,12,15-18,27H2,(H,30,34)(H,31,35)/t23-,26-/m1/s1. The molecule has 0 saturated carbocycles. The Kier molecular flexibility index (Phi) is 10.0. The fourth-order valence-corrected chi connectivity index (χ4v) is 3.51. The van der Waals surface area contributed by atoms with Crippen molar-refractivity contribution < 1.29 is 14.4 Å².